The van der Waals surface area contributed by atoms with Crippen molar-refractivity contribution in [3.8, 4) is 0 Å². The van der Waals surface area contributed by atoms with E-state index in [4.69, 9.17) is 0 Å². The molecule has 0 fully saturated rings. The number of thioether (sulfide) groups is 1. The Labute approximate surface area is 118 Å². The molecule has 0 aliphatic rings. The van der Waals surface area contributed by atoms with Gasteiger partial charge in [0.25, 0.3) is 0 Å². The third-order valence-corrected chi connectivity index (χ3v) is 3.76. The minimum Gasteiger partial charge on any atom is -0.292 e. The zero-order valence-corrected chi connectivity index (χ0v) is 12.5. The van der Waals surface area contributed by atoms with Gasteiger partial charge < -0.3 is 0 Å². The van der Waals surface area contributed by atoms with Crippen LogP contribution in [0, 0.1) is 6.92 Å². The molecule has 2 aromatic rings. The van der Waals surface area contributed by atoms with Gasteiger partial charge in [-0.25, -0.2) is 4.98 Å². The first kappa shape index (κ1) is 14.1. The lowest BCUT2D eigenvalue weighted by molar-refractivity contribution is 0.264. The van der Waals surface area contributed by atoms with Crippen LogP contribution in [0.1, 0.15) is 24.1 Å². The van der Waals surface area contributed by atoms with Crippen LogP contribution < -0.4 is 0 Å². The van der Waals surface area contributed by atoms with Crippen molar-refractivity contribution in [3.05, 3.63) is 41.5 Å². The van der Waals surface area contributed by atoms with Crippen molar-refractivity contribution < 1.29 is 0 Å². The van der Waals surface area contributed by atoms with Crippen molar-refractivity contribution in [2.24, 2.45) is 0 Å². The van der Waals surface area contributed by atoms with Crippen molar-refractivity contribution in [1.82, 2.24) is 20.1 Å². The molecule has 2 rings (SSSR count). The van der Waals surface area contributed by atoms with E-state index in [9.17, 15) is 0 Å². The molecule has 0 atom stereocenters. The van der Waals surface area contributed by atoms with Gasteiger partial charge in [0, 0.05) is 11.4 Å². The molecule has 0 aliphatic carbocycles. The van der Waals surface area contributed by atoms with E-state index in [1.807, 2.05) is 6.92 Å². The number of H-pyrrole nitrogens is 1. The number of benzene rings is 1. The van der Waals surface area contributed by atoms with Gasteiger partial charge in [-0.05, 0) is 37.4 Å². The molecule has 5 heteroatoms. The maximum atomic E-state index is 4.36. The van der Waals surface area contributed by atoms with E-state index in [1.54, 1.807) is 11.8 Å². The molecule has 0 unspecified atom stereocenters. The maximum absolute atomic E-state index is 4.36. The molecular formula is C14H20N4S. The molecular weight excluding hydrogens is 256 g/mol. The van der Waals surface area contributed by atoms with E-state index in [0.717, 1.165) is 31.3 Å². The van der Waals surface area contributed by atoms with Crippen molar-refractivity contribution in [1.29, 1.82) is 0 Å². The van der Waals surface area contributed by atoms with Crippen LogP contribution in [0.3, 0.4) is 0 Å². The molecule has 1 aromatic heterocycles. The largest absolute Gasteiger partial charge is 0.292 e. The standard InChI is InChI=1S/C14H20N4S/c1-4-18(10-14-15-11(2)16-17-14)9-12-5-7-13(19-3)8-6-12/h5-8H,4,9-10H2,1-3H3,(H,15,16,17). The van der Waals surface area contributed by atoms with Crippen molar-refractivity contribution in [2.45, 2.75) is 31.8 Å². The van der Waals surface area contributed by atoms with Gasteiger partial charge in [0.15, 0.2) is 5.82 Å². The molecule has 19 heavy (non-hydrogen) atoms. The lowest BCUT2D eigenvalue weighted by Crippen LogP contribution is -2.23. The van der Waals surface area contributed by atoms with Crippen LogP contribution in [-0.2, 0) is 13.1 Å². The zero-order chi connectivity index (χ0) is 13.7. The minimum atomic E-state index is 0.783. The van der Waals surface area contributed by atoms with Gasteiger partial charge >= 0.3 is 0 Å². The molecule has 0 spiro atoms. The van der Waals surface area contributed by atoms with Crippen LogP contribution in [0.2, 0.25) is 0 Å². The predicted molar refractivity (Wildman–Crippen MR) is 79.1 cm³/mol. The topological polar surface area (TPSA) is 44.8 Å². The lowest BCUT2D eigenvalue weighted by atomic mass is 10.2. The second-order valence-electron chi connectivity index (χ2n) is 4.49. The van der Waals surface area contributed by atoms with E-state index in [1.165, 1.54) is 10.5 Å². The first-order chi connectivity index (χ1) is 9.21. The van der Waals surface area contributed by atoms with E-state index in [2.05, 4.69) is 57.5 Å². The van der Waals surface area contributed by atoms with E-state index in [0.29, 0.717) is 0 Å². The molecule has 0 radical (unpaired) electrons. The highest BCUT2D eigenvalue weighted by Crippen LogP contribution is 2.16. The van der Waals surface area contributed by atoms with Crippen molar-refractivity contribution in [2.75, 3.05) is 12.8 Å². The number of rotatable bonds is 6. The number of nitrogens with one attached hydrogen (secondary N) is 1. The van der Waals surface area contributed by atoms with Gasteiger partial charge in [-0.3, -0.25) is 10.00 Å². The quantitative estimate of drug-likeness (QED) is 0.824. The summed E-state index contributed by atoms with van der Waals surface area (Å²) >= 11 is 1.77. The number of aryl methyl sites for hydroxylation is 1. The Morgan fingerprint density at radius 2 is 1.95 bits per heavy atom. The fourth-order valence-corrected chi connectivity index (χ4v) is 2.34. The number of nitrogens with zero attached hydrogens (tertiary/aromatic N) is 3. The zero-order valence-electron chi connectivity index (χ0n) is 11.7. The summed E-state index contributed by atoms with van der Waals surface area (Å²) < 4.78 is 0. The summed E-state index contributed by atoms with van der Waals surface area (Å²) in [5, 5.41) is 7.08. The molecule has 0 saturated carbocycles. The molecule has 4 nitrogen and oxygen atoms in total. The smallest absolute Gasteiger partial charge is 0.164 e. The van der Waals surface area contributed by atoms with Gasteiger partial charge in [0.05, 0.1) is 6.54 Å². The molecule has 0 aliphatic heterocycles. The van der Waals surface area contributed by atoms with Crippen molar-refractivity contribution in [3.63, 3.8) is 0 Å². The monoisotopic (exact) mass is 276 g/mol. The first-order valence-electron chi connectivity index (χ1n) is 6.44. The highest BCUT2D eigenvalue weighted by atomic mass is 32.2. The highest BCUT2D eigenvalue weighted by molar-refractivity contribution is 7.98. The molecule has 102 valence electrons. The summed E-state index contributed by atoms with van der Waals surface area (Å²) in [6, 6.07) is 8.73. The number of hydrogen-bond acceptors (Lipinski definition) is 4. The lowest BCUT2D eigenvalue weighted by Gasteiger charge is -2.18. The van der Waals surface area contributed by atoms with E-state index in [-0.39, 0.29) is 0 Å². The molecule has 1 aromatic carbocycles. The summed E-state index contributed by atoms with van der Waals surface area (Å²) in [4.78, 5) is 7.99. The van der Waals surface area contributed by atoms with Crippen LogP contribution in [0.15, 0.2) is 29.2 Å². The molecule has 1 N–H and O–H groups in total. The summed E-state index contributed by atoms with van der Waals surface area (Å²) in [6.45, 7) is 6.78. The van der Waals surface area contributed by atoms with Crippen LogP contribution in [0.5, 0.6) is 0 Å². The van der Waals surface area contributed by atoms with E-state index >= 15 is 0 Å². The Bertz CT molecular complexity index is 506. The molecule has 0 saturated heterocycles. The predicted octanol–water partition coefficient (Wildman–Crippen LogP) is 2.86. The normalized spacial score (nSPS) is 11.2. The molecule has 0 bridgehead atoms. The highest BCUT2D eigenvalue weighted by Gasteiger charge is 2.08. The second-order valence-corrected chi connectivity index (χ2v) is 5.37. The molecule has 1 heterocycles. The number of hydrogen-bond donors (Lipinski definition) is 1. The van der Waals surface area contributed by atoms with Crippen LogP contribution >= 0.6 is 11.8 Å². The summed E-state index contributed by atoms with van der Waals surface area (Å²) in [7, 11) is 0. The first-order valence-corrected chi connectivity index (χ1v) is 7.67. The number of aromatic amines is 1. The van der Waals surface area contributed by atoms with E-state index < -0.39 is 0 Å². The maximum Gasteiger partial charge on any atom is 0.164 e. The summed E-state index contributed by atoms with van der Waals surface area (Å²) in [6.07, 6.45) is 2.10. The van der Waals surface area contributed by atoms with Gasteiger partial charge in [-0.1, -0.05) is 19.1 Å². The number of aromatic nitrogens is 3. The Morgan fingerprint density at radius 3 is 2.47 bits per heavy atom. The van der Waals surface area contributed by atoms with Crippen LogP contribution in [-0.4, -0.2) is 32.9 Å². The fourth-order valence-electron chi connectivity index (χ4n) is 1.93. The van der Waals surface area contributed by atoms with Crippen LogP contribution in [0.4, 0.5) is 0 Å². The SMILES string of the molecule is CCN(Cc1ccc(SC)cc1)Cc1n[nH]c(C)n1. The Hall–Kier alpha value is -1.33. The van der Waals surface area contributed by atoms with Gasteiger partial charge in [-0.15, -0.1) is 11.8 Å². The third-order valence-electron chi connectivity index (χ3n) is 3.02. The van der Waals surface area contributed by atoms with Gasteiger partial charge in [0.2, 0.25) is 0 Å². The Balaban J connectivity index is 1.97. The van der Waals surface area contributed by atoms with Gasteiger partial charge in [0.1, 0.15) is 5.82 Å². The fraction of sp³-hybridized carbons (Fsp3) is 0.429. The van der Waals surface area contributed by atoms with Crippen LogP contribution in [0.25, 0.3) is 0 Å². The Morgan fingerprint density at radius 1 is 1.21 bits per heavy atom. The van der Waals surface area contributed by atoms with Crippen molar-refractivity contribution >= 4 is 11.8 Å². The average molecular weight is 276 g/mol. The summed E-state index contributed by atoms with van der Waals surface area (Å²) in [5.74, 6) is 1.73. The summed E-state index contributed by atoms with van der Waals surface area (Å²) in [5.41, 5.74) is 1.33. The van der Waals surface area contributed by atoms with Gasteiger partial charge in [-0.2, -0.15) is 5.10 Å². The average Bonchev–Trinajstić information content (AvgIpc) is 2.84. The second kappa shape index (κ2) is 6.73. The molecule has 0 amide bonds. The Kier molecular flexibility index (Phi) is 4.99. The minimum absolute atomic E-state index is 0.783. The third kappa shape index (κ3) is 4.08.